The molecule has 4 heteroatoms. The van der Waals surface area contributed by atoms with Gasteiger partial charge in [0.05, 0.1) is 15.6 Å². The first-order valence-electron chi connectivity index (χ1n) is 3.47. The molecule has 0 N–H and O–H groups in total. The largest absolute Gasteiger partial charge is 0.294 e. The predicted octanol–water partition coefficient (Wildman–Crippen LogP) is 3.07. The van der Waals surface area contributed by atoms with E-state index in [0.717, 1.165) is 0 Å². The summed E-state index contributed by atoms with van der Waals surface area (Å²) >= 11 is 11.4. The van der Waals surface area contributed by atoms with Crippen molar-refractivity contribution in [3.8, 4) is 6.07 Å². The van der Waals surface area contributed by atoms with Gasteiger partial charge in [-0.1, -0.05) is 23.2 Å². The fraction of sp³-hybridized carbons (Fsp3) is 0.111. The molecule has 1 aromatic carbocycles. The van der Waals surface area contributed by atoms with Crippen molar-refractivity contribution in [2.45, 2.75) is 6.92 Å². The third-order valence-corrected chi connectivity index (χ3v) is 2.39. The Hall–Kier alpha value is -1.04. The summed E-state index contributed by atoms with van der Waals surface area (Å²) in [6.07, 6.45) is 0. The molecule has 0 aliphatic carbocycles. The standard InChI is InChI=1S/C9H5Cl2NO/c1-5(13)6-2-3-8(10)9(11)7(6)4-12/h2-3H,1H3. The lowest BCUT2D eigenvalue weighted by Gasteiger charge is -2.02. The second kappa shape index (κ2) is 3.78. The van der Waals surface area contributed by atoms with Crippen LogP contribution in [0.25, 0.3) is 0 Å². The van der Waals surface area contributed by atoms with Crippen molar-refractivity contribution in [2.75, 3.05) is 0 Å². The fourth-order valence-corrected chi connectivity index (χ4v) is 1.32. The molecular weight excluding hydrogens is 209 g/mol. The van der Waals surface area contributed by atoms with Gasteiger partial charge in [-0.3, -0.25) is 4.79 Å². The van der Waals surface area contributed by atoms with Crippen LogP contribution in [0.15, 0.2) is 12.1 Å². The van der Waals surface area contributed by atoms with Crippen LogP contribution in [0, 0.1) is 11.3 Å². The Balaban J connectivity index is 3.50. The van der Waals surface area contributed by atoms with E-state index in [1.54, 1.807) is 0 Å². The maximum absolute atomic E-state index is 11.0. The number of hydrogen-bond acceptors (Lipinski definition) is 2. The Morgan fingerprint density at radius 3 is 2.54 bits per heavy atom. The predicted molar refractivity (Wildman–Crippen MR) is 51.2 cm³/mol. The number of carbonyl (C=O) groups excluding carboxylic acids is 1. The third-order valence-electron chi connectivity index (χ3n) is 1.59. The van der Waals surface area contributed by atoms with Crippen molar-refractivity contribution in [1.82, 2.24) is 0 Å². The average molecular weight is 214 g/mol. The molecule has 0 fully saturated rings. The first-order valence-corrected chi connectivity index (χ1v) is 4.22. The van der Waals surface area contributed by atoms with E-state index < -0.39 is 0 Å². The summed E-state index contributed by atoms with van der Waals surface area (Å²) in [4.78, 5) is 11.0. The summed E-state index contributed by atoms with van der Waals surface area (Å²) in [6, 6.07) is 4.85. The number of ketones is 1. The first-order chi connectivity index (χ1) is 6.07. The molecule has 0 spiro atoms. The molecule has 0 radical (unpaired) electrons. The SMILES string of the molecule is CC(=O)c1ccc(Cl)c(Cl)c1C#N. The smallest absolute Gasteiger partial charge is 0.161 e. The summed E-state index contributed by atoms with van der Waals surface area (Å²) in [7, 11) is 0. The first kappa shape index (κ1) is 10.0. The van der Waals surface area contributed by atoms with Crippen molar-refractivity contribution in [1.29, 1.82) is 5.26 Å². The molecule has 13 heavy (non-hydrogen) atoms. The third kappa shape index (κ3) is 1.82. The molecule has 0 atom stereocenters. The summed E-state index contributed by atoms with van der Waals surface area (Å²) in [5, 5.41) is 9.14. The van der Waals surface area contributed by atoms with Crippen molar-refractivity contribution in [3.05, 3.63) is 33.3 Å². The van der Waals surface area contributed by atoms with Gasteiger partial charge in [-0.25, -0.2) is 0 Å². The van der Waals surface area contributed by atoms with Gasteiger partial charge in [-0.15, -0.1) is 0 Å². The molecule has 66 valence electrons. The Labute approximate surface area is 85.7 Å². The van der Waals surface area contributed by atoms with E-state index in [0.29, 0.717) is 5.56 Å². The van der Waals surface area contributed by atoms with Crippen LogP contribution in [0.2, 0.25) is 10.0 Å². The van der Waals surface area contributed by atoms with Gasteiger partial charge in [0, 0.05) is 5.56 Å². The number of halogens is 2. The van der Waals surface area contributed by atoms with Crippen LogP contribution in [0.4, 0.5) is 0 Å². The minimum Gasteiger partial charge on any atom is -0.294 e. The normalized spacial score (nSPS) is 9.38. The van der Waals surface area contributed by atoms with Crippen LogP contribution in [0.5, 0.6) is 0 Å². The number of rotatable bonds is 1. The van der Waals surface area contributed by atoms with Gasteiger partial charge in [-0.2, -0.15) is 5.26 Å². The van der Waals surface area contributed by atoms with Crippen LogP contribution < -0.4 is 0 Å². The van der Waals surface area contributed by atoms with E-state index >= 15 is 0 Å². The molecule has 0 heterocycles. The highest BCUT2D eigenvalue weighted by Gasteiger charge is 2.12. The zero-order valence-corrected chi connectivity index (χ0v) is 8.28. The summed E-state index contributed by atoms with van der Waals surface area (Å²) in [6.45, 7) is 1.38. The second-order valence-electron chi connectivity index (χ2n) is 2.45. The number of Topliss-reactive ketones (excluding diaryl/α,β-unsaturated/α-hetero) is 1. The number of nitrogens with zero attached hydrogens (tertiary/aromatic N) is 1. The summed E-state index contributed by atoms with van der Waals surface area (Å²) < 4.78 is 0. The zero-order chi connectivity index (χ0) is 10.0. The van der Waals surface area contributed by atoms with Gasteiger partial charge in [0.1, 0.15) is 6.07 Å². The molecule has 0 aliphatic rings. The number of nitriles is 1. The van der Waals surface area contributed by atoms with E-state index in [9.17, 15) is 4.79 Å². The maximum Gasteiger partial charge on any atom is 0.161 e. The molecule has 2 nitrogen and oxygen atoms in total. The second-order valence-corrected chi connectivity index (χ2v) is 3.24. The number of benzene rings is 1. The summed E-state index contributed by atoms with van der Waals surface area (Å²) in [5.74, 6) is -0.199. The lowest BCUT2D eigenvalue weighted by Crippen LogP contribution is -1.97. The van der Waals surface area contributed by atoms with Crippen LogP contribution in [-0.4, -0.2) is 5.78 Å². The molecule has 0 amide bonds. The highest BCUT2D eigenvalue weighted by Crippen LogP contribution is 2.28. The topological polar surface area (TPSA) is 40.9 Å². The Kier molecular flexibility index (Phi) is 2.92. The molecule has 1 rings (SSSR count). The zero-order valence-electron chi connectivity index (χ0n) is 6.77. The molecule has 0 saturated carbocycles. The van der Waals surface area contributed by atoms with Gasteiger partial charge < -0.3 is 0 Å². The van der Waals surface area contributed by atoms with Crippen LogP contribution in [-0.2, 0) is 0 Å². The van der Waals surface area contributed by atoms with Crippen molar-refractivity contribution < 1.29 is 4.79 Å². The van der Waals surface area contributed by atoms with Crippen molar-refractivity contribution in [2.24, 2.45) is 0 Å². The molecule has 0 aliphatic heterocycles. The van der Waals surface area contributed by atoms with Gasteiger partial charge in [0.2, 0.25) is 0 Å². The van der Waals surface area contributed by atoms with E-state index in [1.165, 1.54) is 19.1 Å². The quantitative estimate of drug-likeness (QED) is 0.674. The van der Waals surface area contributed by atoms with E-state index in [2.05, 4.69) is 0 Å². The van der Waals surface area contributed by atoms with Crippen molar-refractivity contribution >= 4 is 29.0 Å². The minimum atomic E-state index is -0.199. The van der Waals surface area contributed by atoms with Gasteiger partial charge in [-0.05, 0) is 19.1 Å². The van der Waals surface area contributed by atoms with Gasteiger partial charge in [0.25, 0.3) is 0 Å². The summed E-state index contributed by atoms with van der Waals surface area (Å²) in [5.41, 5.74) is 0.443. The van der Waals surface area contributed by atoms with Crippen LogP contribution in [0.3, 0.4) is 0 Å². The Morgan fingerprint density at radius 2 is 2.08 bits per heavy atom. The molecule has 1 aromatic rings. The fourth-order valence-electron chi connectivity index (χ4n) is 0.953. The molecule has 0 bridgehead atoms. The molecular formula is C9H5Cl2NO. The Bertz CT molecular complexity index is 407. The lowest BCUT2D eigenvalue weighted by atomic mass is 10.1. The monoisotopic (exact) mass is 213 g/mol. The van der Waals surface area contributed by atoms with Crippen LogP contribution >= 0.6 is 23.2 Å². The van der Waals surface area contributed by atoms with E-state index in [1.807, 2.05) is 6.07 Å². The van der Waals surface area contributed by atoms with E-state index in [-0.39, 0.29) is 21.4 Å². The van der Waals surface area contributed by atoms with Gasteiger partial charge >= 0.3 is 0 Å². The minimum absolute atomic E-state index is 0.136. The number of carbonyl (C=O) groups is 1. The average Bonchev–Trinajstić information content (AvgIpc) is 2.09. The van der Waals surface area contributed by atoms with Gasteiger partial charge in [0.15, 0.2) is 5.78 Å². The highest BCUT2D eigenvalue weighted by atomic mass is 35.5. The molecule has 0 unspecified atom stereocenters. The number of hydrogen-bond donors (Lipinski definition) is 0. The Morgan fingerprint density at radius 1 is 1.46 bits per heavy atom. The van der Waals surface area contributed by atoms with E-state index in [4.69, 9.17) is 28.5 Å². The highest BCUT2D eigenvalue weighted by molar-refractivity contribution is 6.43. The van der Waals surface area contributed by atoms with Crippen molar-refractivity contribution in [3.63, 3.8) is 0 Å². The maximum atomic E-state index is 11.0. The van der Waals surface area contributed by atoms with Crippen LogP contribution in [0.1, 0.15) is 22.8 Å². The molecule has 0 saturated heterocycles. The molecule has 0 aromatic heterocycles. The lowest BCUT2D eigenvalue weighted by molar-refractivity contribution is 0.101.